The van der Waals surface area contributed by atoms with Gasteiger partial charge in [0.05, 0.1) is 29.9 Å². The molecule has 3 aromatic rings. The van der Waals surface area contributed by atoms with Crippen molar-refractivity contribution in [1.82, 2.24) is 9.71 Å². The van der Waals surface area contributed by atoms with Crippen molar-refractivity contribution in [2.24, 2.45) is 0 Å². The van der Waals surface area contributed by atoms with E-state index >= 15 is 0 Å². The Hall–Kier alpha value is -3.96. The molecule has 0 aliphatic rings. The average Bonchev–Trinajstić information content (AvgIpc) is 2.81. The summed E-state index contributed by atoms with van der Waals surface area (Å²) in [6, 6.07) is 13.2. The largest absolute Gasteiger partial charge is 0.493 e. The second kappa shape index (κ2) is 11.0. The van der Waals surface area contributed by atoms with Crippen LogP contribution in [0, 0.1) is 6.92 Å². The van der Waals surface area contributed by atoms with Crippen LogP contribution in [0.5, 0.6) is 17.4 Å². The Bertz CT molecular complexity index is 1310. The van der Waals surface area contributed by atoms with E-state index in [-0.39, 0.29) is 10.8 Å². The Morgan fingerprint density at radius 3 is 2.23 bits per heavy atom. The Balaban J connectivity index is 1.60. The minimum atomic E-state index is -3.96. The van der Waals surface area contributed by atoms with Crippen LogP contribution in [-0.2, 0) is 19.6 Å². The number of nitrogens with zero attached hydrogens (tertiary/aromatic N) is 1. The van der Waals surface area contributed by atoms with Crippen molar-refractivity contribution in [2.75, 3.05) is 17.7 Å². The third-order valence-corrected chi connectivity index (χ3v) is 6.30. The maximum absolute atomic E-state index is 12.6. The molecule has 35 heavy (non-hydrogen) atoms. The molecular weight excluding hydrogens is 472 g/mol. The molecule has 0 aliphatic heterocycles. The molecule has 0 saturated heterocycles. The van der Waals surface area contributed by atoms with Gasteiger partial charge >= 0.3 is 0 Å². The molecule has 3 rings (SSSR count). The number of aromatic nitrogens is 1. The SMILES string of the molecule is COc1cc(C)ccc1Oc1ccc(NC(=O)[C@H](C)NS(=O)(=O)c2ccc(NC(C)=O)cc2)cn1. The van der Waals surface area contributed by atoms with E-state index in [9.17, 15) is 18.0 Å². The van der Waals surface area contributed by atoms with Crippen LogP contribution in [0.3, 0.4) is 0 Å². The van der Waals surface area contributed by atoms with Crippen LogP contribution in [0.4, 0.5) is 11.4 Å². The first kappa shape index (κ1) is 25.7. The van der Waals surface area contributed by atoms with Crippen molar-refractivity contribution >= 4 is 33.2 Å². The Kier molecular flexibility index (Phi) is 8.05. The highest BCUT2D eigenvalue weighted by Crippen LogP contribution is 2.31. The molecule has 0 radical (unpaired) electrons. The van der Waals surface area contributed by atoms with E-state index < -0.39 is 22.0 Å². The number of amides is 2. The second-order valence-electron chi connectivity index (χ2n) is 7.68. The summed E-state index contributed by atoms with van der Waals surface area (Å²) in [5.41, 5.74) is 1.85. The fourth-order valence-electron chi connectivity index (χ4n) is 3.01. The fourth-order valence-corrected chi connectivity index (χ4v) is 4.21. The zero-order valence-corrected chi connectivity index (χ0v) is 20.5. The molecule has 10 nitrogen and oxygen atoms in total. The topological polar surface area (TPSA) is 136 Å². The van der Waals surface area contributed by atoms with E-state index in [0.29, 0.717) is 28.8 Å². The van der Waals surface area contributed by atoms with Gasteiger partial charge in [-0.05, 0) is 61.9 Å². The standard InChI is InChI=1S/C24H26N4O6S/c1-15-5-11-21(22(13-15)33-4)34-23-12-8-19(14-25-23)27-24(30)16(2)28-35(31,32)20-9-6-18(7-10-20)26-17(3)29/h5-14,16,28H,1-4H3,(H,26,29)(H,27,30)/t16-/m0/s1. The zero-order chi connectivity index (χ0) is 25.6. The maximum atomic E-state index is 12.6. The maximum Gasteiger partial charge on any atom is 0.242 e. The van der Waals surface area contributed by atoms with E-state index in [1.165, 1.54) is 44.3 Å². The minimum absolute atomic E-state index is 0.0408. The summed E-state index contributed by atoms with van der Waals surface area (Å²) in [6.07, 6.45) is 1.40. The number of carbonyl (C=O) groups is 2. The van der Waals surface area contributed by atoms with E-state index in [1.54, 1.807) is 25.3 Å². The van der Waals surface area contributed by atoms with Crippen molar-refractivity contribution in [2.45, 2.75) is 31.7 Å². The van der Waals surface area contributed by atoms with Crippen molar-refractivity contribution in [3.8, 4) is 17.4 Å². The summed E-state index contributed by atoms with van der Waals surface area (Å²) in [7, 11) is -2.42. The van der Waals surface area contributed by atoms with Crippen LogP contribution >= 0.6 is 0 Å². The van der Waals surface area contributed by atoms with Gasteiger partial charge in [0.25, 0.3) is 0 Å². The van der Waals surface area contributed by atoms with Gasteiger partial charge in [0, 0.05) is 18.7 Å². The van der Waals surface area contributed by atoms with Crippen molar-refractivity contribution < 1.29 is 27.5 Å². The molecule has 2 aromatic carbocycles. The molecule has 0 unspecified atom stereocenters. The average molecular weight is 499 g/mol. The molecular formula is C24H26N4O6S. The summed E-state index contributed by atoms with van der Waals surface area (Å²) in [4.78, 5) is 27.8. The third kappa shape index (κ3) is 7.01. The number of anilines is 2. The molecule has 1 heterocycles. The van der Waals surface area contributed by atoms with Crippen LogP contribution in [-0.4, -0.2) is 38.4 Å². The highest BCUT2D eigenvalue weighted by atomic mass is 32.2. The van der Waals surface area contributed by atoms with Gasteiger partial charge < -0.3 is 20.1 Å². The number of aryl methyl sites for hydroxylation is 1. The number of rotatable bonds is 9. The molecule has 11 heteroatoms. The highest BCUT2D eigenvalue weighted by molar-refractivity contribution is 7.89. The molecule has 3 N–H and O–H groups in total. The first-order valence-corrected chi connectivity index (χ1v) is 12.0. The van der Waals surface area contributed by atoms with Crippen LogP contribution in [0.15, 0.2) is 65.7 Å². The number of ether oxygens (including phenoxy) is 2. The number of carbonyl (C=O) groups excluding carboxylic acids is 2. The summed E-state index contributed by atoms with van der Waals surface area (Å²) in [6.45, 7) is 4.71. The first-order chi connectivity index (χ1) is 16.6. The van der Waals surface area contributed by atoms with E-state index in [1.807, 2.05) is 19.1 Å². The smallest absolute Gasteiger partial charge is 0.242 e. The predicted octanol–water partition coefficient (Wildman–Crippen LogP) is 3.45. The number of pyridine rings is 1. The molecule has 0 bridgehead atoms. The lowest BCUT2D eigenvalue weighted by Gasteiger charge is -2.15. The monoisotopic (exact) mass is 498 g/mol. The lowest BCUT2D eigenvalue weighted by molar-refractivity contribution is -0.117. The van der Waals surface area contributed by atoms with Crippen molar-refractivity contribution in [1.29, 1.82) is 0 Å². The zero-order valence-electron chi connectivity index (χ0n) is 19.7. The van der Waals surface area contributed by atoms with Crippen LogP contribution in [0.25, 0.3) is 0 Å². The number of benzene rings is 2. The number of methoxy groups -OCH3 is 1. The summed E-state index contributed by atoms with van der Waals surface area (Å²) >= 11 is 0. The normalized spacial score (nSPS) is 11.9. The minimum Gasteiger partial charge on any atom is -0.493 e. The summed E-state index contributed by atoms with van der Waals surface area (Å²) < 4.78 is 38.6. The summed E-state index contributed by atoms with van der Waals surface area (Å²) in [5.74, 6) is 0.513. The van der Waals surface area contributed by atoms with E-state index in [4.69, 9.17) is 9.47 Å². The molecule has 184 valence electrons. The van der Waals surface area contributed by atoms with Gasteiger partial charge in [-0.2, -0.15) is 4.72 Å². The molecule has 0 spiro atoms. The van der Waals surface area contributed by atoms with Gasteiger partial charge in [-0.1, -0.05) is 6.07 Å². The Morgan fingerprint density at radius 1 is 0.943 bits per heavy atom. The van der Waals surface area contributed by atoms with Gasteiger partial charge in [-0.3, -0.25) is 9.59 Å². The van der Waals surface area contributed by atoms with E-state index in [2.05, 4.69) is 20.3 Å². The van der Waals surface area contributed by atoms with Crippen molar-refractivity contribution in [3.63, 3.8) is 0 Å². The fraction of sp³-hybridized carbons (Fsp3) is 0.208. The lowest BCUT2D eigenvalue weighted by Crippen LogP contribution is -2.41. The van der Waals surface area contributed by atoms with Crippen LogP contribution in [0.1, 0.15) is 19.4 Å². The predicted molar refractivity (Wildman–Crippen MR) is 131 cm³/mol. The van der Waals surface area contributed by atoms with Gasteiger partial charge in [0.2, 0.25) is 27.7 Å². The highest BCUT2D eigenvalue weighted by Gasteiger charge is 2.22. The van der Waals surface area contributed by atoms with Crippen LogP contribution in [0.2, 0.25) is 0 Å². The molecule has 1 atom stereocenters. The lowest BCUT2D eigenvalue weighted by atomic mass is 10.2. The van der Waals surface area contributed by atoms with Gasteiger partial charge in [-0.15, -0.1) is 0 Å². The molecule has 1 aromatic heterocycles. The molecule has 0 fully saturated rings. The van der Waals surface area contributed by atoms with Gasteiger partial charge in [0.15, 0.2) is 11.5 Å². The number of hydrogen-bond donors (Lipinski definition) is 3. The third-order valence-electron chi connectivity index (χ3n) is 4.75. The summed E-state index contributed by atoms with van der Waals surface area (Å²) in [5, 5.41) is 5.17. The first-order valence-electron chi connectivity index (χ1n) is 10.6. The van der Waals surface area contributed by atoms with Gasteiger partial charge in [-0.25, -0.2) is 13.4 Å². The van der Waals surface area contributed by atoms with E-state index in [0.717, 1.165) is 5.56 Å². The quantitative estimate of drug-likeness (QED) is 0.411. The second-order valence-corrected chi connectivity index (χ2v) is 9.39. The Labute approximate surface area is 203 Å². The Morgan fingerprint density at radius 2 is 1.63 bits per heavy atom. The number of nitrogens with one attached hydrogen (secondary N) is 3. The number of sulfonamides is 1. The van der Waals surface area contributed by atoms with Crippen molar-refractivity contribution in [3.05, 3.63) is 66.4 Å². The molecule has 0 saturated carbocycles. The number of hydrogen-bond acceptors (Lipinski definition) is 7. The van der Waals surface area contributed by atoms with Gasteiger partial charge in [0.1, 0.15) is 0 Å². The molecule has 2 amide bonds. The molecule has 0 aliphatic carbocycles. The van der Waals surface area contributed by atoms with Crippen LogP contribution < -0.4 is 24.8 Å².